The molecular formula is C15H26N4S. The monoisotopic (exact) mass is 294 g/mol. The molecule has 2 heterocycles. The Morgan fingerprint density at radius 3 is 3.00 bits per heavy atom. The second-order valence-electron chi connectivity index (χ2n) is 6.20. The van der Waals surface area contributed by atoms with Crippen LogP contribution in [0.4, 0.5) is 5.00 Å². The molecule has 2 unspecified atom stereocenters. The van der Waals surface area contributed by atoms with Crippen molar-refractivity contribution in [2.24, 2.45) is 5.92 Å². The summed E-state index contributed by atoms with van der Waals surface area (Å²) in [6.07, 6.45) is 9.63. The summed E-state index contributed by atoms with van der Waals surface area (Å²) in [6.45, 7) is 5.44. The minimum atomic E-state index is 0.804. The molecule has 1 aliphatic heterocycles. The quantitative estimate of drug-likeness (QED) is 0.902. The Balaban J connectivity index is 1.65. The summed E-state index contributed by atoms with van der Waals surface area (Å²) in [6, 6.07) is 0.804. The van der Waals surface area contributed by atoms with Gasteiger partial charge in [0, 0.05) is 30.7 Å². The molecule has 2 fully saturated rings. The highest BCUT2D eigenvalue weighted by molar-refractivity contribution is 7.10. The fourth-order valence-corrected chi connectivity index (χ4v) is 4.40. The van der Waals surface area contributed by atoms with Crippen molar-refractivity contribution in [2.75, 3.05) is 18.4 Å². The summed E-state index contributed by atoms with van der Waals surface area (Å²) in [5.41, 5.74) is 1.16. The molecule has 4 nitrogen and oxygen atoms in total. The van der Waals surface area contributed by atoms with Crippen LogP contribution in [0, 0.1) is 5.92 Å². The maximum absolute atomic E-state index is 4.37. The zero-order chi connectivity index (χ0) is 13.8. The number of aromatic nitrogens is 2. The van der Waals surface area contributed by atoms with E-state index in [1.165, 1.54) is 61.6 Å². The molecule has 1 saturated heterocycles. The molecule has 0 amide bonds. The van der Waals surface area contributed by atoms with Gasteiger partial charge in [0.05, 0.1) is 0 Å². The van der Waals surface area contributed by atoms with Crippen LogP contribution in [0.25, 0.3) is 0 Å². The Kier molecular flexibility index (Phi) is 4.89. The Morgan fingerprint density at radius 2 is 2.10 bits per heavy atom. The molecule has 20 heavy (non-hydrogen) atoms. The lowest BCUT2D eigenvalue weighted by Crippen LogP contribution is -2.46. The van der Waals surface area contributed by atoms with Gasteiger partial charge in [-0.1, -0.05) is 24.3 Å². The Labute approximate surface area is 126 Å². The number of rotatable bonds is 5. The first-order valence-corrected chi connectivity index (χ1v) is 8.95. The smallest absolute Gasteiger partial charge is 0.134 e. The Bertz CT molecular complexity index is 418. The topological polar surface area (TPSA) is 41.1 Å². The third kappa shape index (κ3) is 3.14. The molecule has 1 N–H and O–H groups in total. The minimum Gasteiger partial charge on any atom is -0.374 e. The van der Waals surface area contributed by atoms with Crippen LogP contribution in [-0.2, 0) is 6.54 Å². The summed E-state index contributed by atoms with van der Waals surface area (Å²) >= 11 is 1.51. The summed E-state index contributed by atoms with van der Waals surface area (Å²) in [4.78, 5) is 2.68. The first-order chi connectivity index (χ1) is 9.88. The van der Waals surface area contributed by atoms with E-state index in [0.29, 0.717) is 0 Å². The molecule has 3 rings (SSSR count). The lowest BCUT2D eigenvalue weighted by atomic mass is 9.78. The number of anilines is 1. The van der Waals surface area contributed by atoms with E-state index in [2.05, 4.69) is 26.7 Å². The van der Waals surface area contributed by atoms with Crippen LogP contribution in [0.3, 0.4) is 0 Å². The van der Waals surface area contributed by atoms with Gasteiger partial charge in [-0.05, 0) is 44.6 Å². The van der Waals surface area contributed by atoms with E-state index >= 15 is 0 Å². The predicted octanol–water partition coefficient (Wildman–Crippen LogP) is 3.51. The number of hydrogen-bond acceptors (Lipinski definition) is 5. The van der Waals surface area contributed by atoms with Crippen LogP contribution >= 0.6 is 11.5 Å². The van der Waals surface area contributed by atoms with Gasteiger partial charge in [0.15, 0.2) is 0 Å². The van der Waals surface area contributed by atoms with Crippen molar-refractivity contribution in [3.8, 4) is 0 Å². The van der Waals surface area contributed by atoms with Gasteiger partial charge in [-0.3, -0.25) is 4.90 Å². The van der Waals surface area contributed by atoms with E-state index in [1.807, 2.05) is 0 Å². The molecule has 0 radical (unpaired) electrons. The average molecular weight is 294 g/mol. The normalized spacial score (nSPS) is 27.2. The molecule has 1 aromatic heterocycles. The molecule has 1 aromatic rings. The molecule has 2 aliphatic rings. The van der Waals surface area contributed by atoms with Crippen LogP contribution in [0.1, 0.15) is 57.6 Å². The fourth-order valence-electron chi connectivity index (χ4n) is 3.80. The Morgan fingerprint density at radius 1 is 1.25 bits per heavy atom. The third-order valence-electron chi connectivity index (χ3n) is 4.80. The highest BCUT2D eigenvalue weighted by atomic mass is 32.1. The van der Waals surface area contributed by atoms with Crippen molar-refractivity contribution in [3.05, 3.63) is 5.69 Å². The molecule has 0 bridgehead atoms. The van der Waals surface area contributed by atoms with E-state index in [1.54, 1.807) is 0 Å². The number of fused-ring (bicyclic) bond motifs is 1. The Hall–Kier alpha value is -0.680. The summed E-state index contributed by atoms with van der Waals surface area (Å²) in [5.74, 6) is 0.941. The summed E-state index contributed by atoms with van der Waals surface area (Å²) in [7, 11) is 0. The molecular weight excluding hydrogens is 268 g/mol. The second-order valence-corrected chi connectivity index (χ2v) is 6.95. The first kappa shape index (κ1) is 14.3. The standard InChI is InChI=1S/C15H26N4S/c1-2-9-16-15-13(17-18-20-15)11-19-10-5-7-12-6-3-4-8-14(12)19/h12,14,16H,2-11H2,1H3. The van der Waals surface area contributed by atoms with Crippen LogP contribution in [-0.4, -0.2) is 33.6 Å². The summed E-state index contributed by atoms with van der Waals surface area (Å²) in [5, 5.41) is 9.02. The van der Waals surface area contributed by atoms with Gasteiger partial charge in [-0.25, -0.2) is 0 Å². The van der Waals surface area contributed by atoms with Crippen molar-refractivity contribution < 1.29 is 0 Å². The first-order valence-electron chi connectivity index (χ1n) is 8.17. The number of likely N-dealkylation sites (tertiary alicyclic amines) is 1. The van der Waals surface area contributed by atoms with Crippen LogP contribution in [0.15, 0.2) is 0 Å². The van der Waals surface area contributed by atoms with Gasteiger partial charge in [0.1, 0.15) is 10.7 Å². The lowest BCUT2D eigenvalue weighted by molar-refractivity contribution is 0.0539. The number of nitrogens with one attached hydrogen (secondary N) is 1. The van der Waals surface area contributed by atoms with Gasteiger partial charge in [-0.2, -0.15) is 0 Å². The molecule has 2 atom stereocenters. The van der Waals surface area contributed by atoms with Crippen molar-refractivity contribution in [3.63, 3.8) is 0 Å². The zero-order valence-corrected chi connectivity index (χ0v) is 13.3. The van der Waals surface area contributed by atoms with E-state index in [4.69, 9.17) is 0 Å². The van der Waals surface area contributed by atoms with E-state index in [-0.39, 0.29) is 0 Å². The predicted molar refractivity (Wildman–Crippen MR) is 84.1 cm³/mol. The van der Waals surface area contributed by atoms with Crippen molar-refractivity contribution in [1.82, 2.24) is 14.5 Å². The second kappa shape index (κ2) is 6.85. The van der Waals surface area contributed by atoms with Gasteiger partial charge in [0.25, 0.3) is 0 Å². The van der Waals surface area contributed by atoms with Gasteiger partial charge in [-0.15, -0.1) is 5.10 Å². The highest BCUT2D eigenvalue weighted by Gasteiger charge is 2.33. The minimum absolute atomic E-state index is 0.804. The SMILES string of the molecule is CCCNc1snnc1CN1CCCC2CCCCC21. The van der Waals surface area contributed by atoms with Crippen LogP contribution in [0.5, 0.6) is 0 Å². The van der Waals surface area contributed by atoms with Gasteiger partial charge in [0.2, 0.25) is 0 Å². The van der Waals surface area contributed by atoms with Crippen LogP contribution < -0.4 is 5.32 Å². The average Bonchev–Trinajstić information content (AvgIpc) is 2.93. The molecule has 5 heteroatoms. The molecule has 112 valence electrons. The number of hydrogen-bond donors (Lipinski definition) is 1. The lowest BCUT2D eigenvalue weighted by Gasteiger charge is -2.44. The zero-order valence-electron chi connectivity index (χ0n) is 12.5. The fraction of sp³-hybridized carbons (Fsp3) is 0.867. The molecule has 0 spiro atoms. The summed E-state index contributed by atoms with van der Waals surface area (Å²) < 4.78 is 4.15. The van der Waals surface area contributed by atoms with Crippen molar-refractivity contribution >= 4 is 16.5 Å². The number of piperidine rings is 1. The molecule has 0 aromatic carbocycles. The van der Waals surface area contributed by atoms with Crippen LogP contribution in [0.2, 0.25) is 0 Å². The maximum Gasteiger partial charge on any atom is 0.134 e. The van der Waals surface area contributed by atoms with Gasteiger partial charge < -0.3 is 5.32 Å². The number of nitrogens with zero attached hydrogens (tertiary/aromatic N) is 3. The maximum atomic E-state index is 4.37. The van der Waals surface area contributed by atoms with Crippen molar-refractivity contribution in [2.45, 2.75) is 64.5 Å². The largest absolute Gasteiger partial charge is 0.374 e. The highest BCUT2D eigenvalue weighted by Crippen LogP contribution is 2.36. The van der Waals surface area contributed by atoms with Gasteiger partial charge >= 0.3 is 0 Å². The molecule has 1 aliphatic carbocycles. The third-order valence-corrected chi connectivity index (χ3v) is 5.53. The molecule has 1 saturated carbocycles. The van der Waals surface area contributed by atoms with E-state index in [9.17, 15) is 0 Å². The van der Waals surface area contributed by atoms with E-state index in [0.717, 1.165) is 37.2 Å². The van der Waals surface area contributed by atoms with E-state index < -0.39 is 0 Å². The van der Waals surface area contributed by atoms with Crippen molar-refractivity contribution in [1.29, 1.82) is 0 Å².